The van der Waals surface area contributed by atoms with Crippen molar-refractivity contribution in [1.29, 1.82) is 0 Å². The van der Waals surface area contributed by atoms with E-state index in [2.05, 4.69) is 10.3 Å². The van der Waals surface area contributed by atoms with Gasteiger partial charge in [0.15, 0.2) is 0 Å². The molecule has 1 atom stereocenters. The van der Waals surface area contributed by atoms with E-state index in [4.69, 9.17) is 0 Å². The fourth-order valence-electron chi connectivity index (χ4n) is 2.92. The maximum Gasteiger partial charge on any atom is 0.269 e. The van der Waals surface area contributed by atoms with Crippen molar-refractivity contribution in [1.82, 2.24) is 10.3 Å². The molecule has 1 radical (unpaired) electrons. The van der Waals surface area contributed by atoms with Gasteiger partial charge in [-0.05, 0) is 24.0 Å². The number of aromatic nitrogens is 1. The lowest BCUT2D eigenvalue weighted by Gasteiger charge is -2.16. The molecule has 0 saturated carbocycles. The highest BCUT2D eigenvalue weighted by atomic mass is 32.1. The summed E-state index contributed by atoms with van der Waals surface area (Å²) in [5.74, 6) is -0.303. The molecule has 0 aliphatic heterocycles. The van der Waals surface area contributed by atoms with Crippen molar-refractivity contribution < 1.29 is 9.72 Å². The number of nitrogens with one attached hydrogen (secondary N) is 1. The monoisotopic (exact) mass is 408 g/mol. The van der Waals surface area contributed by atoms with E-state index in [1.165, 1.54) is 12.1 Å². The summed E-state index contributed by atoms with van der Waals surface area (Å²) in [6.07, 6.45) is 3.02. The molecular weight excluding hydrogens is 386 g/mol. The highest BCUT2D eigenvalue weighted by molar-refractivity contribution is 7.09. The lowest BCUT2D eigenvalue weighted by molar-refractivity contribution is -0.384. The Balaban J connectivity index is 1.69. The van der Waals surface area contributed by atoms with Crippen LogP contribution in [0.3, 0.4) is 0 Å². The standard InChI is InChI=1S/C22H22N3O3S/c1-2-18-15-29-22(24-18)20(17-9-11-19(12-10-17)25(27)28)14-23-21(26)13-8-16-6-4-3-5-7-16/h3-7,9-13,15,20H,2,8,14H2,1H3,(H,23,26)/t20-/m0/s1. The lowest BCUT2D eigenvalue weighted by Crippen LogP contribution is -2.29. The van der Waals surface area contributed by atoms with Crippen molar-refractivity contribution in [2.24, 2.45) is 0 Å². The van der Waals surface area contributed by atoms with Crippen molar-refractivity contribution >= 4 is 22.9 Å². The van der Waals surface area contributed by atoms with E-state index in [1.807, 2.05) is 42.6 Å². The molecule has 0 aliphatic rings. The van der Waals surface area contributed by atoms with Gasteiger partial charge in [0.05, 0.1) is 23.0 Å². The van der Waals surface area contributed by atoms with Crippen LogP contribution in [0.15, 0.2) is 60.0 Å². The van der Waals surface area contributed by atoms with Crippen LogP contribution in [-0.4, -0.2) is 22.4 Å². The number of nitrogens with zero attached hydrogens (tertiary/aromatic N) is 2. The lowest BCUT2D eigenvalue weighted by atomic mass is 9.99. The Morgan fingerprint density at radius 1 is 1.21 bits per heavy atom. The Bertz CT molecular complexity index is 955. The van der Waals surface area contributed by atoms with Crippen LogP contribution in [0, 0.1) is 16.5 Å². The molecule has 29 heavy (non-hydrogen) atoms. The first-order valence-corrected chi connectivity index (χ1v) is 10.3. The summed E-state index contributed by atoms with van der Waals surface area (Å²) >= 11 is 1.54. The minimum Gasteiger partial charge on any atom is -0.355 e. The Labute approximate surface area is 173 Å². The van der Waals surface area contributed by atoms with E-state index >= 15 is 0 Å². The van der Waals surface area contributed by atoms with E-state index < -0.39 is 4.92 Å². The SMILES string of the molecule is CCc1csc([C@@H](CNC(=O)[CH]Cc2ccccc2)c2ccc([N+](=O)[O-])cc2)n1. The van der Waals surface area contributed by atoms with Gasteiger partial charge in [0.2, 0.25) is 5.91 Å². The molecule has 3 rings (SSSR count). The van der Waals surface area contributed by atoms with Gasteiger partial charge in [-0.1, -0.05) is 49.4 Å². The first-order valence-electron chi connectivity index (χ1n) is 9.40. The van der Waals surface area contributed by atoms with Crippen LogP contribution in [0.1, 0.15) is 34.7 Å². The normalized spacial score (nSPS) is 11.8. The molecule has 7 heteroatoms. The molecule has 3 aromatic rings. The third-order valence-electron chi connectivity index (χ3n) is 4.58. The number of nitro benzene ring substituents is 1. The van der Waals surface area contributed by atoms with Gasteiger partial charge in [-0.25, -0.2) is 4.98 Å². The fourth-order valence-corrected chi connectivity index (χ4v) is 3.95. The van der Waals surface area contributed by atoms with Crippen molar-refractivity contribution in [3.05, 3.63) is 98.3 Å². The van der Waals surface area contributed by atoms with Gasteiger partial charge in [0.25, 0.3) is 5.69 Å². The average Bonchev–Trinajstić information content (AvgIpc) is 3.22. The zero-order chi connectivity index (χ0) is 20.6. The average molecular weight is 409 g/mol. The van der Waals surface area contributed by atoms with E-state index in [0.29, 0.717) is 13.0 Å². The minimum absolute atomic E-state index is 0.0427. The van der Waals surface area contributed by atoms with Gasteiger partial charge in [-0.3, -0.25) is 14.9 Å². The van der Waals surface area contributed by atoms with Crippen LogP contribution in [0.4, 0.5) is 5.69 Å². The highest BCUT2D eigenvalue weighted by Crippen LogP contribution is 2.28. The second-order valence-corrected chi connectivity index (χ2v) is 7.46. The van der Waals surface area contributed by atoms with E-state index in [1.54, 1.807) is 29.9 Å². The highest BCUT2D eigenvalue weighted by Gasteiger charge is 2.20. The third-order valence-corrected chi connectivity index (χ3v) is 5.59. The molecule has 0 fully saturated rings. The number of carbonyl (C=O) groups excluding carboxylic acids is 1. The second kappa shape index (κ2) is 9.93. The topological polar surface area (TPSA) is 85.1 Å². The Morgan fingerprint density at radius 3 is 2.55 bits per heavy atom. The molecule has 0 bridgehead atoms. The number of thiazole rings is 1. The van der Waals surface area contributed by atoms with Crippen molar-refractivity contribution in [3.63, 3.8) is 0 Å². The van der Waals surface area contributed by atoms with Crippen molar-refractivity contribution in [3.8, 4) is 0 Å². The smallest absolute Gasteiger partial charge is 0.269 e. The molecule has 0 aliphatic carbocycles. The zero-order valence-corrected chi connectivity index (χ0v) is 16.9. The van der Waals surface area contributed by atoms with E-state index in [0.717, 1.165) is 28.2 Å². The fraction of sp³-hybridized carbons (Fsp3) is 0.227. The summed E-state index contributed by atoms with van der Waals surface area (Å²) in [6.45, 7) is 2.42. The summed E-state index contributed by atoms with van der Waals surface area (Å²) < 4.78 is 0. The second-order valence-electron chi connectivity index (χ2n) is 6.57. The molecule has 149 valence electrons. The maximum absolute atomic E-state index is 12.3. The van der Waals surface area contributed by atoms with Gasteiger partial charge in [-0.15, -0.1) is 11.3 Å². The molecule has 0 saturated heterocycles. The molecule has 2 aromatic carbocycles. The molecule has 0 unspecified atom stereocenters. The Kier molecular flexibility index (Phi) is 7.08. The summed E-state index contributed by atoms with van der Waals surface area (Å²) in [5, 5.41) is 16.8. The predicted octanol–water partition coefficient (Wildman–Crippen LogP) is 4.31. The maximum atomic E-state index is 12.3. The third kappa shape index (κ3) is 5.71. The molecular formula is C22H22N3O3S. The van der Waals surface area contributed by atoms with Gasteiger partial charge in [-0.2, -0.15) is 0 Å². The number of hydrogen-bond acceptors (Lipinski definition) is 5. The molecule has 1 amide bonds. The number of amides is 1. The molecule has 0 spiro atoms. The van der Waals surface area contributed by atoms with Crippen LogP contribution < -0.4 is 5.32 Å². The van der Waals surface area contributed by atoms with Gasteiger partial charge in [0, 0.05) is 24.1 Å². The zero-order valence-electron chi connectivity index (χ0n) is 16.1. The first-order chi connectivity index (χ1) is 14.1. The van der Waals surface area contributed by atoms with Gasteiger partial charge >= 0.3 is 0 Å². The molecule has 1 heterocycles. The summed E-state index contributed by atoms with van der Waals surface area (Å²) in [5.41, 5.74) is 3.00. The van der Waals surface area contributed by atoms with Crippen LogP contribution in [0.5, 0.6) is 0 Å². The van der Waals surface area contributed by atoms with Crippen molar-refractivity contribution in [2.75, 3.05) is 6.54 Å². The van der Waals surface area contributed by atoms with Crippen LogP contribution in [0.2, 0.25) is 0 Å². The number of carbonyl (C=O) groups is 1. The van der Waals surface area contributed by atoms with E-state index in [9.17, 15) is 14.9 Å². The van der Waals surface area contributed by atoms with Gasteiger partial charge in [0.1, 0.15) is 5.01 Å². The predicted molar refractivity (Wildman–Crippen MR) is 114 cm³/mol. The van der Waals surface area contributed by atoms with Gasteiger partial charge < -0.3 is 5.32 Å². The largest absolute Gasteiger partial charge is 0.355 e. The van der Waals surface area contributed by atoms with Crippen LogP contribution >= 0.6 is 11.3 Å². The van der Waals surface area contributed by atoms with Crippen LogP contribution in [0.25, 0.3) is 0 Å². The van der Waals surface area contributed by atoms with Crippen molar-refractivity contribution in [2.45, 2.75) is 25.7 Å². The number of hydrogen-bond donors (Lipinski definition) is 1. The number of non-ortho nitro benzene ring substituents is 1. The summed E-state index contributed by atoms with van der Waals surface area (Å²) in [7, 11) is 0. The molecule has 1 N–H and O–H groups in total. The Hall–Kier alpha value is -3.06. The quantitative estimate of drug-likeness (QED) is 0.422. The molecule has 6 nitrogen and oxygen atoms in total. The summed E-state index contributed by atoms with van der Waals surface area (Å²) in [6, 6.07) is 16.2. The number of aryl methyl sites for hydroxylation is 1. The van der Waals surface area contributed by atoms with E-state index in [-0.39, 0.29) is 17.5 Å². The Morgan fingerprint density at radius 2 is 1.93 bits per heavy atom. The number of benzene rings is 2. The van der Waals surface area contributed by atoms with Crippen LogP contribution in [-0.2, 0) is 17.6 Å². The molecule has 1 aromatic heterocycles. The summed E-state index contributed by atoms with van der Waals surface area (Å²) in [4.78, 5) is 27.5. The first kappa shape index (κ1) is 20.7. The minimum atomic E-state index is -0.419. The number of rotatable bonds is 9. The number of nitro groups is 1.